The van der Waals surface area contributed by atoms with E-state index in [1.807, 2.05) is 0 Å². The third-order valence-corrected chi connectivity index (χ3v) is 5.52. The number of carbonyl (C=O) groups is 1. The summed E-state index contributed by atoms with van der Waals surface area (Å²) in [6.45, 7) is 5.45. The van der Waals surface area contributed by atoms with Crippen LogP contribution in [0.4, 0.5) is 0 Å². The van der Waals surface area contributed by atoms with Crippen molar-refractivity contribution in [3.05, 3.63) is 0 Å². The van der Waals surface area contributed by atoms with Crippen molar-refractivity contribution < 1.29 is 4.79 Å². The minimum Gasteiger partial charge on any atom is -0.340 e. The van der Waals surface area contributed by atoms with E-state index in [1.54, 1.807) is 0 Å². The first-order valence-electron chi connectivity index (χ1n) is 7.97. The molecular formula is C16H29NOS. The Balaban J connectivity index is 1.93. The molecule has 2 aliphatic carbocycles. The molecule has 110 valence electrons. The lowest BCUT2D eigenvalue weighted by atomic mass is 10.0. The summed E-state index contributed by atoms with van der Waals surface area (Å²) in [6.07, 6.45) is 9.31. The Bertz CT molecular complexity index is 306. The molecule has 2 nitrogen and oxygen atoms in total. The van der Waals surface area contributed by atoms with Crippen LogP contribution in [0, 0.1) is 11.3 Å². The summed E-state index contributed by atoms with van der Waals surface area (Å²) in [5.74, 6) is 1.96. The van der Waals surface area contributed by atoms with Gasteiger partial charge in [0.2, 0.25) is 5.91 Å². The summed E-state index contributed by atoms with van der Waals surface area (Å²) >= 11 is 4.43. The van der Waals surface area contributed by atoms with Crippen molar-refractivity contribution in [2.24, 2.45) is 11.3 Å². The maximum absolute atomic E-state index is 12.6. The molecule has 2 fully saturated rings. The number of hydrogen-bond acceptors (Lipinski definition) is 2. The van der Waals surface area contributed by atoms with Gasteiger partial charge in [-0.15, -0.1) is 0 Å². The summed E-state index contributed by atoms with van der Waals surface area (Å²) in [6, 6.07) is 0.530. The molecule has 0 atom stereocenters. The van der Waals surface area contributed by atoms with Crippen molar-refractivity contribution in [1.82, 2.24) is 4.90 Å². The normalized spacial score (nSPS) is 21.9. The van der Waals surface area contributed by atoms with E-state index < -0.39 is 0 Å². The molecule has 0 bridgehead atoms. The van der Waals surface area contributed by atoms with E-state index in [0.717, 1.165) is 25.1 Å². The van der Waals surface area contributed by atoms with E-state index in [1.165, 1.54) is 38.5 Å². The van der Waals surface area contributed by atoms with Gasteiger partial charge in [0.1, 0.15) is 0 Å². The molecule has 0 aromatic heterocycles. The monoisotopic (exact) mass is 283 g/mol. The molecule has 1 amide bonds. The minimum absolute atomic E-state index is 0.259. The fourth-order valence-electron chi connectivity index (χ4n) is 3.11. The molecule has 0 aromatic carbocycles. The van der Waals surface area contributed by atoms with Gasteiger partial charge < -0.3 is 4.90 Å². The predicted molar refractivity (Wildman–Crippen MR) is 83.6 cm³/mol. The number of amides is 1. The lowest BCUT2D eigenvalue weighted by molar-refractivity contribution is -0.134. The molecule has 3 heteroatoms. The lowest BCUT2D eigenvalue weighted by Crippen LogP contribution is -2.41. The van der Waals surface area contributed by atoms with Crippen LogP contribution in [0.5, 0.6) is 0 Å². The molecule has 2 rings (SSSR count). The number of thiol groups is 1. The maximum atomic E-state index is 12.6. The summed E-state index contributed by atoms with van der Waals surface area (Å²) in [5, 5.41) is 0. The van der Waals surface area contributed by atoms with Crippen LogP contribution in [0.3, 0.4) is 0 Å². The molecule has 0 aliphatic heterocycles. The summed E-state index contributed by atoms with van der Waals surface area (Å²) < 4.78 is 0. The van der Waals surface area contributed by atoms with Crippen molar-refractivity contribution in [2.45, 2.75) is 71.3 Å². The Hall–Kier alpha value is -0.180. The summed E-state index contributed by atoms with van der Waals surface area (Å²) in [5.41, 5.74) is 0.259. The summed E-state index contributed by atoms with van der Waals surface area (Å²) in [7, 11) is 0. The van der Waals surface area contributed by atoms with Crippen LogP contribution < -0.4 is 0 Å². The van der Waals surface area contributed by atoms with Gasteiger partial charge in [0, 0.05) is 19.0 Å². The van der Waals surface area contributed by atoms with Crippen molar-refractivity contribution >= 4 is 18.5 Å². The zero-order valence-electron chi connectivity index (χ0n) is 12.5. The average Bonchev–Trinajstić information content (AvgIpc) is 2.93. The van der Waals surface area contributed by atoms with E-state index in [9.17, 15) is 4.79 Å². The van der Waals surface area contributed by atoms with E-state index in [0.29, 0.717) is 17.9 Å². The van der Waals surface area contributed by atoms with Crippen molar-refractivity contribution in [3.8, 4) is 0 Å². The molecule has 2 aliphatic rings. The standard InChI is InChI=1S/C16H29NOS/c1-13(2)7-10-17(14-5-3-4-6-14)15(18)11-16(12-19)8-9-16/h13-14,19H,3-12H2,1-2H3. The highest BCUT2D eigenvalue weighted by molar-refractivity contribution is 7.80. The smallest absolute Gasteiger partial charge is 0.223 e. The van der Waals surface area contributed by atoms with Gasteiger partial charge in [-0.3, -0.25) is 4.79 Å². The van der Waals surface area contributed by atoms with Crippen LogP contribution in [0.25, 0.3) is 0 Å². The largest absolute Gasteiger partial charge is 0.340 e. The topological polar surface area (TPSA) is 20.3 Å². The highest BCUT2D eigenvalue weighted by Crippen LogP contribution is 2.50. The van der Waals surface area contributed by atoms with Crippen LogP contribution in [0.15, 0.2) is 0 Å². The van der Waals surface area contributed by atoms with Crippen LogP contribution in [-0.4, -0.2) is 29.1 Å². The maximum Gasteiger partial charge on any atom is 0.223 e. The third-order valence-electron chi connectivity index (χ3n) is 4.85. The quantitative estimate of drug-likeness (QED) is 0.703. The highest BCUT2D eigenvalue weighted by Gasteiger charge is 2.44. The van der Waals surface area contributed by atoms with Gasteiger partial charge in [-0.05, 0) is 49.2 Å². The van der Waals surface area contributed by atoms with Crippen LogP contribution in [0.2, 0.25) is 0 Å². The van der Waals surface area contributed by atoms with Gasteiger partial charge in [0.25, 0.3) is 0 Å². The Morgan fingerprint density at radius 3 is 2.42 bits per heavy atom. The van der Waals surface area contributed by atoms with Gasteiger partial charge >= 0.3 is 0 Å². The van der Waals surface area contributed by atoms with Crippen LogP contribution in [0.1, 0.15) is 65.2 Å². The minimum atomic E-state index is 0.259. The SMILES string of the molecule is CC(C)CCN(C(=O)CC1(CS)CC1)C1CCCC1. The second-order valence-corrected chi connectivity index (χ2v) is 7.36. The van der Waals surface area contributed by atoms with Crippen molar-refractivity contribution in [2.75, 3.05) is 12.3 Å². The Morgan fingerprint density at radius 2 is 1.95 bits per heavy atom. The van der Waals surface area contributed by atoms with Gasteiger partial charge in [-0.2, -0.15) is 12.6 Å². The van der Waals surface area contributed by atoms with E-state index >= 15 is 0 Å². The van der Waals surface area contributed by atoms with E-state index in [4.69, 9.17) is 0 Å². The number of hydrogen-bond donors (Lipinski definition) is 1. The summed E-state index contributed by atoms with van der Waals surface area (Å²) in [4.78, 5) is 14.9. The predicted octanol–water partition coefficient (Wildman–Crippen LogP) is 3.90. The molecule has 0 spiro atoms. The number of rotatable bonds is 7. The second-order valence-electron chi connectivity index (χ2n) is 7.04. The third kappa shape index (κ3) is 4.14. The first-order chi connectivity index (χ1) is 9.06. The molecule has 19 heavy (non-hydrogen) atoms. The number of carbonyl (C=O) groups excluding carboxylic acids is 1. The van der Waals surface area contributed by atoms with Gasteiger partial charge in [-0.1, -0.05) is 26.7 Å². The zero-order valence-corrected chi connectivity index (χ0v) is 13.4. The second kappa shape index (κ2) is 6.51. The molecule has 2 saturated carbocycles. The lowest BCUT2D eigenvalue weighted by Gasteiger charge is -2.31. The first kappa shape index (κ1) is 15.2. The average molecular weight is 283 g/mol. The molecule has 0 unspecified atom stereocenters. The molecule has 0 saturated heterocycles. The number of nitrogens with zero attached hydrogens (tertiary/aromatic N) is 1. The van der Waals surface area contributed by atoms with E-state index in [-0.39, 0.29) is 5.41 Å². The van der Waals surface area contributed by atoms with Gasteiger partial charge in [0.15, 0.2) is 0 Å². The zero-order chi connectivity index (χ0) is 13.9. The molecular weight excluding hydrogens is 254 g/mol. The van der Waals surface area contributed by atoms with Crippen molar-refractivity contribution in [3.63, 3.8) is 0 Å². The van der Waals surface area contributed by atoms with Gasteiger partial charge in [0.05, 0.1) is 0 Å². The Labute approximate surface area is 123 Å². The fourth-order valence-corrected chi connectivity index (χ4v) is 3.54. The van der Waals surface area contributed by atoms with Gasteiger partial charge in [-0.25, -0.2) is 0 Å². The Morgan fingerprint density at radius 1 is 1.32 bits per heavy atom. The molecule has 0 N–H and O–H groups in total. The molecule has 0 aromatic rings. The van der Waals surface area contributed by atoms with Crippen LogP contribution >= 0.6 is 12.6 Å². The fraction of sp³-hybridized carbons (Fsp3) is 0.938. The molecule has 0 radical (unpaired) electrons. The van der Waals surface area contributed by atoms with Crippen LogP contribution in [-0.2, 0) is 4.79 Å². The Kier molecular flexibility index (Phi) is 5.22. The van der Waals surface area contributed by atoms with Crippen molar-refractivity contribution in [1.29, 1.82) is 0 Å². The van der Waals surface area contributed by atoms with E-state index in [2.05, 4.69) is 31.4 Å². The molecule has 0 heterocycles. The first-order valence-corrected chi connectivity index (χ1v) is 8.60. The highest BCUT2D eigenvalue weighted by atomic mass is 32.1.